The van der Waals surface area contributed by atoms with E-state index in [0.29, 0.717) is 19.6 Å². The lowest BCUT2D eigenvalue weighted by molar-refractivity contribution is 0.181. The molecule has 2 heterocycles. The van der Waals surface area contributed by atoms with Crippen LogP contribution in [0.3, 0.4) is 0 Å². The summed E-state index contributed by atoms with van der Waals surface area (Å²) >= 11 is 1.47. The molecule has 0 spiro atoms. The molecule has 1 aliphatic rings. The number of ether oxygens (including phenoxy) is 1. The summed E-state index contributed by atoms with van der Waals surface area (Å²) in [6.07, 6.45) is 0.299. The summed E-state index contributed by atoms with van der Waals surface area (Å²) in [7, 11) is 0. The number of hydrogen-bond acceptors (Lipinski definition) is 6. The van der Waals surface area contributed by atoms with Crippen molar-refractivity contribution in [3.63, 3.8) is 0 Å². The van der Waals surface area contributed by atoms with E-state index < -0.39 is 0 Å². The van der Waals surface area contributed by atoms with E-state index >= 15 is 0 Å². The van der Waals surface area contributed by atoms with Crippen molar-refractivity contribution in [3.8, 4) is 0 Å². The second-order valence-electron chi connectivity index (χ2n) is 6.53. The van der Waals surface area contributed by atoms with Gasteiger partial charge in [-0.3, -0.25) is 4.90 Å². The number of nitrogens with zero attached hydrogens (tertiary/aromatic N) is 3. The normalized spacial score (nSPS) is 14.8. The molecule has 1 atom stereocenters. The first kappa shape index (κ1) is 18.4. The smallest absolute Gasteiger partial charge is 0.414 e. The number of rotatable bonds is 6. The fourth-order valence-electron chi connectivity index (χ4n) is 3.02. The maximum Gasteiger partial charge on any atom is 0.414 e. The average molecular weight is 398 g/mol. The molecule has 8 heteroatoms. The van der Waals surface area contributed by atoms with Crippen molar-refractivity contribution in [2.75, 3.05) is 23.4 Å². The Morgan fingerprint density at radius 3 is 2.82 bits per heavy atom. The van der Waals surface area contributed by atoms with E-state index in [9.17, 15) is 9.18 Å². The molecule has 1 fully saturated rings. The predicted molar refractivity (Wildman–Crippen MR) is 106 cm³/mol. The summed E-state index contributed by atoms with van der Waals surface area (Å²) in [6.45, 7) is 3.01. The summed E-state index contributed by atoms with van der Waals surface area (Å²) in [5.74, 6) is -0.249. The van der Waals surface area contributed by atoms with Crippen LogP contribution in [-0.2, 0) is 11.2 Å². The van der Waals surface area contributed by atoms with Crippen LogP contribution < -0.4 is 10.2 Å². The molecule has 4 rings (SSSR count). The van der Waals surface area contributed by atoms with E-state index in [2.05, 4.69) is 15.5 Å². The molecule has 3 aromatic rings. The summed E-state index contributed by atoms with van der Waals surface area (Å²) in [5.41, 5.74) is 2.85. The molecule has 0 radical (unpaired) electrons. The van der Waals surface area contributed by atoms with Crippen LogP contribution in [0.25, 0.3) is 0 Å². The maximum atomic E-state index is 13.0. The summed E-state index contributed by atoms with van der Waals surface area (Å²) < 4.78 is 18.0. The van der Waals surface area contributed by atoms with Gasteiger partial charge in [-0.05, 0) is 42.3 Å². The van der Waals surface area contributed by atoms with Gasteiger partial charge in [-0.15, -0.1) is 10.2 Å². The molecule has 0 bridgehead atoms. The first-order valence-electron chi connectivity index (χ1n) is 8.96. The standard InChI is InChI=1S/C20H19FN4O2S/c1-13(15-3-2-4-17(12-15)25-9-10-27-20(25)26)22-19-24-23-18(28-19)11-14-5-7-16(21)8-6-14/h2-8,12-13H,9-11H2,1H3,(H,22,24). The zero-order valence-electron chi connectivity index (χ0n) is 15.3. The molecule has 1 saturated heterocycles. The van der Waals surface area contributed by atoms with Crippen molar-refractivity contribution in [2.24, 2.45) is 0 Å². The first-order chi connectivity index (χ1) is 13.6. The number of halogens is 1. The number of amides is 1. The second kappa shape index (κ2) is 7.93. The van der Waals surface area contributed by atoms with Crippen molar-refractivity contribution < 1.29 is 13.9 Å². The Hall–Kier alpha value is -3.00. The lowest BCUT2D eigenvalue weighted by atomic mass is 10.1. The number of hydrogen-bond donors (Lipinski definition) is 1. The Bertz CT molecular complexity index is 976. The van der Waals surface area contributed by atoms with E-state index in [1.807, 2.05) is 31.2 Å². The van der Waals surface area contributed by atoms with Crippen LogP contribution in [0.1, 0.15) is 29.1 Å². The summed E-state index contributed by atoms with van der Waals surface area (Å²) in [5, 5.41) is 13.3. The van der Waals surface area contributed by atoms with Gasteiger partial charge in [0, 0.05) is 12.1 Å². The van der Waals surface area contributed by atoms with Crippen molar-refractivity contribution >= 4 is 28.2 Å². The molecule has 1 aliphatic heterocycles. The predicted octanol–water partition coefficient (Wildman–Crippen LogP) is 4.40. The minimum atomic E-state index is -0.313. The van der Waals surface area contributed by atoms with E-state index in [1.54, 1.807) is 17.0 Å². The number of anilines is 2. The molecule has 0 aliphatic carbocycles. The third kappa shape index (κ3) is 4.12. The molecule has 6 nitrogen and oxygen atoms in total. The second-order valence-corrected chi connectivity index (χ2v) is 7.59. The minimum Gasteiger partial charge on any atom is -0.447 e. The van der Waals surface area contributed by atoms with Crippen LogP contribution in [0, 0.1) is 5.82 Å². The van der Waals surface area contributed by atoms with E-state index in [1.165, 1.54) is 23.5 Å². The van der Waals surface area contributed by atoms with Crippen LogP contribution >= 0.6 is 11.3 Å². The first-order valence-corrected chi connectivity index (χ1v) is 9.78. The molecule has 1 unspecified atom stereocenters. The van der Waals surface area contributed by atoms with Crippen LogP contribution in [0.15, 0.2) is 48.5 Å². The molecule has 144 valence electrons. The van der Waals surface area contributed by atoms with Gasteiger partial charge in [0.05, 0.1) is 12.6 Å². The van der Waals surface area contributed by atoms with Crippen molar-refractivity contribution in [1.82, 2.24) is 10.2 Å². The Labute approximate surface area is 166 Å². The molecule has 1 N–H and O–H groups in total. The minimum absolute atomic E-state index is 0.00908. The van der Waals surface area contributed by atoms with Crippen LogP contribution in [0.4, 0.5) is 20.0 Å². The molecule has 1 aromatic heterocycles. The van der Waals surface area contributed by atoms with Gasteiger partial charge in [0.2, 0.25) is 5.13 Å². The third-order valence-electron chi connectivity index (χ3n) is 4.52. The van der Waals surface area contributed by atoms with Crippen molar-refractivity contribution in [1.29, 1.82) is 0 Å². The lowest BCUT2D eigenvalue weighted by Crippen LogP contribution is -2.23. The molecule has 28 heavy (non-hydrogen) atoms. The van der Waals surface area contributed by atoms with Crippen LogP contribution in [-0.4, -0.2) is 29.4 Å². The van der Waals surface area contributed by atoms with E-state index in [4.69, 9.17) is 4.74 Å². The molecule has 2 aromatic carbocycles. The fraction of sp³-hybridized carbons (Fsp3) is 0.250. The van der Waals surface area contributed by atoms with E-state index in [-0.39, 0.29) is 18.0 Å². The van der Waals surface area contributed by atoms with Crippen LogP contribution in [0.5, 0.6) is 0 Å². The monoisotopic (exact) mass is 398 g/mol. The quantitative estimate of drug-likeness (QED) is 0.667. The highest BCUT2D eigenvalue weighted by atomic mass is 32.1. The number of carbonyl (C=O) groups is 1. The van der Waals surface area contributed by atoms with E-state index in [0.717, 1.165) is 27.0 Å². The van der Waals surface area contributed by atoms with Gasteiger partial charge in [0.1, 0.15) is 17.4 Å². The fourth-order valence-corrected chi connectivity index (χ4v) is 3.88. The third-order valence-corrected chi connectivity index (χ3v) is 5.37. The number of cyclic esters (lactones) is 1. The Morgan fingerprint density at radius 1 is 1.25 bits per heavy atom. The molecular weight excluding hydrogens is 379 g/mol. The van der Waals surface area contributed by atoms with Gasteiger partial charge in [-0.1, -0.05) is 35.6 Å². The summed E-state index contributed by atoms with van der Waals surface area (Å²) in [6, 6.07) is 14.2. The van der Waals surface area contributed by atoms with Gasteiger partial charge in [-0.2, -0.15) is 0 Å². The topological polar surface area (TPSA) is 67.3 Å². The van der Waals surface area contributed by atoms with Crippen molar-refractivity contribution in [3.05, 3.63) is 70.5 Å². The number of aromatic nitrogens is 2. The van der Waals surface area contributed by atoms with Gasteiger partial charge >= 0.3 is 6.09 Å². The van der Waals surface area contributed by atoms with Crippen LogP contribution in [0.2, 0.25) is 0 Å². The number of carbonyl (C=O) groups excluding carboxylic acids is 1. The Morgan fingerprint density at radius 2 is 2.07 bits per heavy atom. The maximum absolute atomic E-state index is 13.0. The molecular formula is C20H19FN4O2S. The average Bonchev–Trinajstić information content (AvgIpc) is 3.32. The zero-order valence-corrected chi connectivity index (χ0v) is 16.1. The Kier molecular flexibility index (Phi) is 5.21. The van der Waals surface area contributed by atoms with Crippen molar-refractivity contribution in [2.45, 2.75) is 19.4 Å². The number of benzene rings is 2. The van der Waals surface area contributed by atoms with Gasteiger partial charge < -0.3 is 10.1 Å². The lowest BCUT2D eigenvalue weighted by Gasteiger charge is -2.17. The largest absolute Gasteiger partial charge is 0.447 e. The summed E-state index contributed by atoms with van der Waals surface area (Å²) in [4.78, 5) is 13.4. The molecule has 0 saturated carbocycles. The SMILES string of the molecule is CC(Nc1nnc(Cc2ccc(F)cc2)s1)c1cccc(N2CCOC2=O)c1. The van der Waals surface area contributed by atoms with Gasteiger partial charge in [0.25, 0.3) is 0 Å². The Balaban J connectivity index is 1.42. The molecule has 1 amide bonds. The zero-order chi connectivity index (χ0) is 19.5. The number of nitrogens with one attached hydrogen (secondary N) is 1. The highest BCUT2D eigenvalue weighted by molar-refractivity contribution is 7.15. The highest BCUT2D eigenvalue weighted by Gasteiger charge is 2.24. The van der Waals surface area contributed by atoms with Gasteiger partial charge in [0.15, 0.2) is 0 Å². The van der Waals surface area contributed by atoms with Gasteiger partial charge in [-0.25, -0.2) is 9.18 Å². The highest BCUT2D eigenvalue weighted by Crippen LogP contribution is 2.27.